The average Bonchev–Trinajstić information content (AvgIpc) is 2.91. The number of carbonyl (C=O) groups is 1. The Hall–Kier alpha value is -3.21. The number of benzene rings is 2. The second kappa shape index (κ2) is 11.5. The molecule has 37 heavy (non-hydrogen) atoms. The van der Waals surface area contributed by atoms with E-state index in [0.717, 1.165) is 44.4 Å². The van der Waals surface area contributed by atoms with Crippen LogP contribution in [0.3, 0.4) is 0 Å². The molecule has 1 aromatic heterocycles. The largest absolute Gasteiger partial charge is 0.493 e. The first kappa shape index (κ1) is 25.4. The Morgan fingerprint density at radius 3 is 2.78 bits per heavy atom. The molecule has 11 heteroatoms. The van der Waals surface area contributed by atoms with E-state index in [2.05, 4.69) is 25.1 Å². The van der Waals surface area contributed by atoms with Crippen LogP contribution in [-0.4, -0.2) is 84.8 Å². The molecular weight excluding hydrogens is 501 g/mol. The van der Waals surface area contributed by atoms with Crippen molar-refractivity contribution in [3.05, 3.63) is 47.4 Å². The van der Waals surface area contributed by atoms with Crippen LogP contribution in [-0.2, 0) is 9.53 Å². The number of likely N-dealkylation sites (tertiary alicyclic amines) is 1. The minimum atomic E-state index is -0.487. The molecule has 2 aliphatic rings. The molecule has 0 unspecified atom stereocenters. The van der Waals surface area contributed by atoms with Gasteiger partial charge in [-0.2, -0.15) is 0 Å². The topological polar surface area (TPSA) is 89.1 Å². The first-order chi connectivity index (χ1) is 18.0. The minimum Gasteiger partial charge on any atom is -0.493 e. The molecule has 3 aromatic rings. The Kier molecular flexibility index (Phi) is 7.87. The zero-order valence-corrected chi connectivity index (χ0v) is 21.3. The number of fused-ring (bicyclic) bond motifs is 1. The van der Waals surface area contributed by atoms with E-state index in [4.69, 9.17) is 25.8 Å². The lowest BCUT2D eigenvalue weighted by Crippen LogP contribution is -2.50. The van der Waals surface area contributed by atoms with Gasteiger partial charge in [-0.3, -0.25) is 14.6 Å². The normalized spacial score (nSPS) is 17.5. The number of halogens is 2. The lowest BCUT2D eigenvalue weighted by molar-refractivity contribution is -0.152. The van der Waals surface area contributed by atoms with Gasteiger partial charge in [-0.15, -0.1) is 0 Å². The molecule has 2 aromatic carbocycles. The zero-order chi connectivity index (χ0) is 25.8. The number of carbonyl (C=O) groups excluding carboxylic acids is 1. The molecule has 1 N–H and O–H groups in total. The molecule has 0 spiro atoms. The second-order valence-corrected chi connectivity index (χ2v) is 9.53. The highest BCUT2D eigenvalue weighted by Crippen LogP contribution is 2.32. The SMILES string of the molecule is COc1cc2nc(Nc3ccc(F)c(Cl)c3)ncc2cc1OCCN1CCC(N2CCOC(=O)C2)CC1. The Bertz CT molecular complexity index is 1270. The van der Waals surface area contributed by atoms with Crippen LogP contribution in [0, 0.1) is 5.82 Å². The fraction of sp³-hybridized carbons (Fsp3) is 0.423. The van der Waals surface area contributed by atoms with Gasteiger partial charge in [0, 0.05) is 42.5 Å². The number of hydrogen-bond donors (Lipinski definition) is 1. The second-order valence-electron chi connectivity index (χ2n) is 9.12. The smallest absolute Gasteiger partial charge is 0.320 e. The lowest BCUT2D eigenvalue weighted by Gasteiger charge is -2.39. The summed E-state index contributed by atoms with van der Waals surface area (Å²) in [6.07, 6.45) is 3.76. The number of hydrogen-bond acceptors (Lipinski definition) is 9. The first-order valence-corrected chi connectivity index (χ1v) is 12.7. The molecule has 0 atom stereocenters. The van der Waals surface area contributed by atoms with E-state index in [-0.39, 0.29) is 11.0 Å². The number of methoxy groups -OCH3 is 1. The molecule has 0 radical (unpaired) electrons. The third-order valence-electron chi connectivity index (χ3n) is 6.75. The molecule has 0 saturated carbocycles. The van der Waals surface area contributed by atoms with Gasteiger partial charge in [-0.05, 0) is 50.2 Å². The molecule has 2 aliphatic heterocycles. The average molecular weight is 530 g/mol. The third kappa shape index (κ3) is 6.20. The van der Waals surface area contributed by atoms with Crippen molar-refractivity contribution in [2.24, 2.45) is 0 Å². The Morgan fingerprint density at radius 1 is 1.19 bits per heavy atom. The van der Waals surface area contributed by atoms with Crippen molar-refractivity contribution in [3.8, 4) is 11.5 Å². The predicted molar refractivity (Wildman–Crippen MR) is 138 cm³/mol. The van der Waals surface area contributed by atoms with Gasteiger partial charge in [-0.25, -0.2) is 14.4 Å². The molecule has 9 nitrogen and oxygen atoms in total. The van der Waals surface area contributed by atoms with Crippen LogP contribution in [0.25, 0.3) is 10.9 Å². The molecule has 2 fully saturated rings. The summed E-state index contributed by atoms with van der Waals surface area (Å²) in [4.78, 5) is 25.1. The summed E-state index contributed by atoms with van der Waals surface area (Å²) in [6, 6.07) is 8.45. The number of aromatic nitrogens is 2. The van der Waals surface area contributed by atoms with E-state index in [1.165, 1.54) is 12.1 Å². The van der Waals surface area contributed by atoms with E-state index in [1.807, 2.05) is 12.1 Å². The van der Waals surface area contributed by atoms with Crippen molar-refractivity contribution in [2.45, 2.75) is 18.9 Å². The summed E-state index contributed by atoms with van der Waals surface area (Å²) < 4.78 is 30.1. The van der Waals surface area contributed by atoms with Gasteiger partial charge in [0.2, 0.25) is 5.95 Å². The van der Waals surface area contributed by atoms with Crippen LogP contribution >= 0.6 is 11.6 Å². The summed E-state index contributed by atoms with van der Waals surface area (Å²) in [7, 11) is 1.59. The van der Waals surface area contributed by atoms with Crippen molar-refractivity contribution in [2.75, 3.05) is 58.4 Å². The fourth-order valence-corrected chi connectivity index (χ4v) is 4.93. The number of piperidine rings is 1. The number of nitrogens with one attached hydrogen (secondary N) is 1. The Morgan fingerprint density at radius 2 is 2.03 bits per heavy atom. The summed E-state index contributed by atoms with van der Waals surface area (Å²) in [5, 5.41) is 3.86. The molecule has 0 aliphatic carbocycles. The quantitative estimate of drug-likeness (QED) is 0.437. The molecule has 0 bridgehead atoms. The highest BCUT2D eigenvalue weighted by Gasteiger charge is 2.28. The van der Waals surface area contributed by atoms with E-state index in [1.54, 1.807) is 19.4 Å². The van der Waals surface area contributed by atoms with Gasteiger partial charge in [0.1, 0.15) is 19.0 Å². The molecule has 2 saturated heterocycles. The number of esters is 1. The van der Waals surface area contributed by atoms with Crippen molar-refractivity contribution in [1.29, 1.82) is 0 Å². The number of rotatable bonds is 8. The van der Waals surface area contributed by atoms with Crippen molar-refractivity contribution in [1.82, 2.24) is 19.8 Å². The van der Waals surface area contributed by atoms with E-state index < -0.39 is 5.82 Å². The Labute approximate surface area is 219 Å². The minimum absolute atomic E-state index is 0.0206. The van der Waals surface area contributed by atoms with Gasteiger partial charge < -0.3 is 19.5 Å². The van der Waals surface area contributed by atoms with Crippen LogP contribution in [0.1, 0.15) is 12.8 Å². The van der Waals surface area contributed by atoms with Crippen LogP contribution in [0.5, 0.6) is 11.5 Å². The summed E-state index contributed by atoms with van der Waals surface area (Å²) in [5.74, 6) is 0.959. The Balaban J connectivity index is 1.17. The zero-order valence-electron chi connectivity index (χ0n) is 20.6. The standard InChI is InChI=1S/C26H29ClFN5O4/c1-35-23-14-22-17(15-29-26(31-22)30-18-2-3-21(28)20(27)13-18)12-24(23)36-10-8-32-6-4-19(5-7-32)33-9-11-37-25(34)16-33/h2-3,12-15,19H,4-11,16H2,1H3,(H,29,30,31). The highest BCUT2D eigenvalue weighted by atomic mass is 35.5. The fourth-order valence-electron chi connectivity index (χ4n) is 4.75. The van der Waals surface area contributed by atoms with Crippen molar-refractivity contribution < 1.29 is 23.4 Å². The summed E-state index contributed by atoms with van der Waals surface area (Å²) >= 11 is 5.86. The van der Waals surface area contributed by atoms with Gasteiger partial charge in [0.25, 0.3) is 0 Å². The van der Waals surface area contributed by atoms with E-state index in [9.17, 15) is 9.18 Å². The van der Waals surface area contributed by atoms with Gasteiger partial charge in [0.15, 0.2) is 11.5 Å². The van der Waals surface area contributed by atoms with Crippen LogP contribution in [0.4, 0.5) is 16.0 Å². The van der Waals surface area contributed by atoms with Crippen molar-refractivity contribution >= 4 is 40.1 Å². The number of morpholine rings is 1. The number of cyclic esters (lactones) is 1. The van der Waals surface area contributed by atoms with Crippen molar-refractivity contribution in [3.63, 3.8) is 0 Å². The van der Waals surface area contributed by atoms with E-state index >= 15 is 0 Å². The van der Waals surface area contributed by atoms with Crippen LogP contribution in [0.2, 0.25) is 5.02 Å². The van der Waals surface area contributed by atoms with Gasteiger partial charge in [0.05, 0.1) is 24.2 Å². The van der Waals surface area contributed by atoms with E-state index in [0.29, 0.717) is 54.5 Å². The molecule has 5 rings (SSSR count). The first-order valence-electron chi connectivity index (χ1n) is 12.3. The van der Waals surface area contributed by atoms with Crippen LogP contribution < -0.4 is 14.8 Å². The summed E-state index contributed by atoms with van der Waals surface area (Å²) in [5.41, 5.74) is 1.26. The number of anilines is 2. The maximum atomic E-state index is 13.4. The number of nitrogens with zero attached hydrogens (tertiary/aromatic N) is 4. The molecule has 0 amide bonds. The van der Waals surface area contributed by atoms with Gasteiger partial charge >= 0.3 is 5.97 Å². The maximum Gasteiger partial charge on any atom is 0.320 e. The molecule has 3 heterocycles. The maximum absolute atomic E-state index is 13.4. The molecular formula is C26H29ClFN5O4. The monoisotopic (exact) mass is 529 g/mol. The lowest BCUT2D eigenvalue weighted by atomic mass is 10.0. The highest BCUT2D eigenvalue weighted by molar-refractivity contribution is 6.31. The number of ether oxygens (including phenoxy) is 3. The van der Waals surface area contributed by atoms with Gasteiger partial charge in [-0.1, -0.05) is 11.6 Å². The third-order valence-corrected chi connectivity index (χ3v) is 7.04. The predicted octanol–water partition coefficient (Wildman–Crippen LogP) is 3.88. The molecule has 196 valence electrons. The summed E-state index contributed by atoms with van der Waals surface area (Å²) in [6.45, 7) is 4.98. The van der Waals surface area contributed by atoms with Crippen LogP contribution in [0.15, 0.2) is 36.5 Å².